The van der Waals surface area contributed by atoms with Gasteiger partial charge in [0.25, 0.3) is 0 Å². The zero-order chi connectivity index (χ0) is 58.6. The molecule has 2 aliphatic heterocycles. The van der Waals surface area contributed by atoms with E-state index in [9.17, 15) is 9.90 Å². The first kappa shape index (κ1) is 69.1. The number of rotatable bonds is 15. The molecule has 0 radical (unpaired) electrons. The summed E-state index contributed by atoms with van der Waals surface area (Å²) in [5.41, 5.74) is 4.09. The number of hydrogen-bond donors (Lipinski definition) is 1. The Morgan fingerprint density at radius 1 is 0.779 bits per heavy atom. The highest BCUT2D eigenvalue weighted by atomic mass is 28.4. The predicted octanol–water partition coefficient (Wildman–Crippen LogP) is 16.1. The number of allylic oxidation sites excluding steroid dienone is 2. The van der Waals surface area contributed by atoms with Crippen molar-refractivity contribution < 1.29 is 42.2 Å². The van der Waals surface area contributed by atoms with E-state index in [1.165, 1.54) is 5.57 Å². The van der Waals surface area contributed by atoms with Gasteiger partial charge in [-0.25, -0.2) is 4.79 Å². The fraction of sp³-hybridized carbons (Fsp3) is 0.781. The predicted molar refractivity (Wildman–Crippen MR) is 330 cm³/mol. The van der Waals surface area contributed by atoms with Crippen LogP contribution in [-0.4, -0.2) is 116 Å². The number of carbonyl (C=O) groups excluding carboxylic acids is 2. The van der Waals surface area contributed by atoms with Gasteiger partial charge in [0, 0.05) is 32.6 Å². The number of benzene rings is 1. The summed E-state index contributed by atoms with van der Waals surface area (Å²) in [6, 6.07) is 9.42. The molecule has 13 heteroatoms. The summed E-state index contributed by atoms with van der Waals surface area (Å²) in [5.74, 6) is -1.13. The van der Waals surface area contributed by atoms with Crippen molar-refractivity contribution >= 4 is 42.9 Å². The lowest BCUT2D eigenvalue weighted by Gasteiger charge is -2.48. The zero-order valence-corrected chi connectivity index (χ0v) is 56.2. The molecule has 2 heterocycles. The number of hydrogen-bond acceptors (Lipinski definition) is 9. The topological polar surface area (TPSA) is 113 Å². The van der Waals surface area contributed by atoms with Gasteiger partial charge in [-0.2, -0.15) is 0 Å². The lowest BCUT2D eigenvalue weighted by molar-refractivity contribution is -0.164. The van der Waals surface area contributed by atoms with E-state index in [1.54, 1.807) is 19.1 Å². The van der Waals surface area contributed by atoms with Gasteiger partial charge in [0.15, 0.2) is 16.6 Å². The monoisotopic (exact) mass is 1130 g/mol. The summed E-state index contributed by atoms with van der Waals surface area (Å²) in [6.07, 6.45) is 8.41. The maximum atomic E-state index is 15.3. The number of carbonyl (C=O) groups is 2. The lowest BCUT2D eigenvalue weighted by Crippen LogP contribution is -2.55. The van der Waals surface area contributed by atoms with E-state index in [0.29, 0.717) is 48.9 Å². The number of aliphatic hydroxyl groups excluding tert-OH is 1. The minimum Gasteiger partial charge on any atom is -0.456 e. The van der Waals surface area contributed by atoms with Crippen molar-refractivity contribution in [1.82, 2.24) is 4.90 Å². The molecule has 0 spiro atoms. The van der Waals surface area contributed by atoms with Crippen LogP contribution in [0.25, 0.3) is 6.08 Å². The normalized spacial score (nSPS) is 30.2. The first-order valence-corrected chi connectivity index (χ1v) is 37.8. The van der Waals surface area contributed by atoms with Gasteiger partial charge in [-0.05, 0) is 141 Å². The Morgan fingerprint density at radius 2 is 1.32 bits per heavy atom. The van der Waals surface area contributed by atoms with Crippen LogP contribution in [0, 0.1) is 23.7 Å². The molecule has 1 fully saturated rings. The molecule has 0 aromatic heterocycles. The van der Waals surface area contributed by atoms with E-state index < -0.39 is 61.4 Å². The molecule has 0 bridgehead atoms. The van der Waals surface area contributed by atoms with Crippen molar-refractivity contribution in [2.45, 2.75) is 277 Å². The fourth-order valence-corrected chi connectivity index (χ4v) is 20.5. The first-order valence-electron chi connectivity index (χ1n) is 29.9. The molecule has 2 aliphatic rings. The van der Waals surface area contributed by atoms with Crippen molar-refractivity contribution in [3.8, 4) is 0 Å². The van der Waals surface area contributed by atoms with Gasteiger partial charge in [0.1, 0.15) is 12.1 Å². The second-order valence-electron chi connectivity index (χ2n) is 27.9. The van der Waals surface area contributed by atoms with Crippen LogP contribution in [-0.2, 0) is 37.1 Å². The van der Waals surface area contributed by atoms with Gasteiger partial charge in [0.2, 0.25) is 14.2 Å². The van der Waals surface area contributed by atoms with Gasteiger partial charge in [0.05, 0.1) is 43.0 Å². The smallest absolute Gasteiger partial charge is 0.329 e. The third-order valence-electron chi connectivity index (χ3n) is 18.8. The van der Waals surface area contributed by atoms with Crippen LogP contribution in [0.15, 0.2) is 60.2 Å². The minimum absolute atomic E-state index is 0.0237. The molecule has 1 saturated heterocycles. The largest absolute Gasteiger partial charge is 0.456 e. The number of ether oxygens (including phenoxy) is 3. The Balaban J connectivity index is 2.49. The minimum atomic E-state index is -2.60. The van der Waals surface area contributed by atoms with E-state index >= 15 is 4.79 Å². The van der Waals surface area contributed by atoms with Crippen LogP contribution >= 0.6 is 0 Å². The summed E-state index contributed by atoms with van der Waals surface area (Å²) in [4.78, 5) is 31.6. The number of fused-ring (bicyclic) bond motifs is 1. The Morgan fingerprint density at radius 3 is 1.84 bits per heavy atom. The number of nitrogens with zero attached hydrogens (tertiary/aromatic N) is 1. The molecule has 10 nitrogen and oxygen atoms in total. The third-order valence-corrected chi connectivity index (χ3v) is 33.9. The van der Waals surface area contributed by atoms with Gasteiger partial charge >= 0.3 is 5.97 Å². The van der Waals surface area contributed by atoms with E-state index in [4.69, 9.17) is 27.5 Å². The maximum Gasteiger partial charge on any atom is 0.329 e. The summed E-state index contributed by atoms with van der Waals surface area (Å²) in [5, 5.41) is 11.9. The summed E-state index contributed by atoms with van der Waals surface area (Å²) >= 11 is 0. The highest BCUT2D eigenvalue weighted by Crippen LogP contribution is 2.47. The summed E-state index contributed by atoms with van der Waals surface area (Å²) in [7, 11) is -3.93. The van der Waals surface area contributed by atoms with E-state index in [0.717, 1.165) is 36.8 Å². The third kappa shape index (κ3) is 18.7. The molecule has 0 aliphatic carbocycles. The number of piperidine rings is 1. The average Bonchev–Trinajstić information content (AvgIpc) is 3.32. The van der Waals surface area contributed by atoms with Crippen molar-refractivity contribution in [3.63, 3.8) is 0 Å². The van der Waals surface area contributed by atoms with Gasteiger partial charge < -0.3 is 37.5 Å². The van der Waals surface area contributed by atoms with Crippen LogP contribution in [0.2, 0.25) is 52.9 Å². The quantitative estimate of drug-likeness (QED) is 0.104. The first-order chi connectivity index (χ1) is 35.6. The van der Waals surface area contributed by atoms with Crippen molar-refractivity contribution in [2.75, 3.05) is 20.8 Å². The highest BCUT2D eigenvalue weighted by molar-refractivity contribution is 6.77. The molecular weight excluding hydrogens is 1010 g/mol. The van der Waals surface area contributed by atoms with E-state index in [1.807, 2.05) is 31.2 Å². The van der Waals surface area contributed by atoms with Gasteiger partial charge in [-0.3, -0.25) is 4.79 Å². The number of esters is 1. The Bertz CT molecular complexity index is 2020. The number of amides is 1. The van der Waals surface area contributed by atoms with Crippen molar-refractivity contribution in [1.29, 1.82) is 0 Å². The highest BCUT2D eigenvalue weighted by Gasteiger charge is 2.51. The SMILES string of the molecule is C=CC[C@@H]1/C=C(\C)C[C@H](C)C[C@@H](OC)[C@@H](O[Si](C)(C)C(C)(C)C)[C@@H](OC)C[C@@H](C)C(O)CC(=O)N2CCCC[C@H]2C(=O)O[C@H](/C(C)=C/c2ccccc2)[C@H](C)[C@@H](O[Si](C(C)C)(C(C)C)C(C)C)C[C@H]1O[Si](C)(C)C(C)(C)C. The molecule has 442 valence electrons. The lowest BCUT2D eigenvalue weighted by atomic mass is 9.84. The molecule has 1 unspecified atom stereocenters. The van der Waals surface area contributed by atoms with Gasteiger partial charge in [-0.15, -0.1) is 6.58 Å². The molecule has 77 heavy (non-hydrogen) atoms. The van der Waals surface area contributed by atoms with E-state index in [2.05, 4.69) is 168 Å². The Hall–Kier alpha value is -2.21. The van der Waals surface area contributed by atoms with Gasteiger partial charge in [-0.1, -0.05) is 158 Å². The standard InChI is InChI=1S/C64H115NO9Si3/c1-25-31-52-37-46(8)36-47(9)38-57(69-19)61(74-76(23,24)64(16,17)18)58(70-20)40-48(10)54(66)41-59(67)65-35-30-29-34-53(65)62(68)71-60(49(11)39-51-32-27-26-28-33-51)50(12)55(42-56(52)72-75(21,22)63(13,14)15)73-77(43(2)3,44(4)5)45(6)7/h25-28,32-33,37,39,43-45,47-48,50,52-58,60-61,66H,1,29-31,34-36,38,40-42H2,2-24H3/b46-37+,49-39+/t47-,48+,50+,52+,53-,54?,55-,56+,57+,58-,60+,61+/m0/s1. The molecule has 1 aromatic carbocycles. The second-order valence-corrected chi connectivity index (χ2v) is 42.8. The molecule has 0 saturated carbocycles. The fourth-order valence-electron chi connectivity index (χ4n) is 12.2. The van der Waals surface area contributed by atoms with Crippen molar-refractivity contribution in [3.05, 3.63) is 65.8 Å². The van der Waals surface area contributed by atoms with Crippen LogP contribution in [0.5, 0.6) is 0 Å². The van der Waals surface area contributed by atoms with Crippen molar-refractivity contribution in [2.24, 2.45) is 23.7 Å². The maximum absolute atomic E-state index is 15.3. The Kier molecular flexibility index (Phi) is 26.6. The Labute approximate surface area is 475 Å². The molecule has 1 aromatic rings. The van der Waals surface area contributed by atoms with Crippen LogP contribution in [0.3, 0.4) is 0 Å². The molecule has 1 amide bonds. The number of aliphatic hydroxyl groups is 1. The summed E-state index contributed by atoms with van der Waals surface area (Å²) in [6.45, 7) is 52.5. The average molecular weight is 1130 g/mol. The molecular formula is C64H115NO9Si3. The second kappa shape index (κ2) is 29.7. The number of methoxy groups -OCH3 is 2. The molecule has 1 N–H and O–H groups in total. The zero-order valence-electron chi connectivity index (χ0n) is 53.2. The van der Waals surface area contributed by atoms with Crippen LogP contribution in [0.1, 0.15) is 181 Å². The van der Waals surface area contributed by atoms with Crippen LogP contribution < -0.4 is 0 Å². The number of cyclic esters (lactones) is 1. The molecule has 3 rings (SSSR count). The van der Waals surface area contributed by atoms with E-state index in [-0.39, 0.29) is 64.4 Å². The van der Waals surface area contributed by atoms with Crippen LogP contribution in [0.4, 0.5) is 0 Å². The summed E-state index contributed by atoms with van der Waals surface area (Å²) < 4.78 is 43.1. The molecule has 12 atom stereocenters.